The average molecular weight is 386 g/mol. The third-order valence-electron chi connectivity index (χ3n) is 6.94. The minimum absolute atomic E-state index is 0.0165. The van der Waals surface area contributed by atoms with Crippen molar-refractivity contribution < 1.29 is 4.79 Å². The molecule has 1 atom stereocenters. The molecule has 1 saturated carbocycles. The van der Waals surface area contributed by atoms with Crippen LogP contribution in [0.1, 0.15) is 49.1 Å². The van der Waals surface area contributed by atoms with Gasteiger partial charge in [0.2, 0.25) is 5.91 Å². The second-order valence-corrected chi connectivity index (χ2v) is 8.87. The van der Waals surface area contributed by atoms with Gasteiger partial charge < -0.3 is 9.80 Å². The van der Waals surface area contributed by atoms with Crippen molar-refractivity contribution in [2.24, 2.45) is 5.41 Å². The van der Waals surface area contributed by atoms with Crippen LogP contribution in [0.3, 0.4) is 0 Å². The first-order chi connectivity index (χ1) is 14.2. The number of likely N-dealkylation sites (tertiary alicyclic amines) is 1. The van der Waals surface area contributed by atoms with Crippen molar-refractivity contribution in [3.05, 3.63) is 59.8 Å². The van der Waals surface area contributed by atoms with Gasteiger partial charge in [0.05, 0.1) is 17.6 Å². The molecule has 3 aliphatic rings. The molecule has 0 N–H and O–H groups in total. The summed E-state index contributed by atoms with van der Waals surface area (Å²) in [7, 11) is 0. The number of nitrogens with zero attached hydrogens (tertiary/aromatic N) is 4. The Hall–Kier alpha value is -2.87. The van der Waals surface area contributed by atoms with Gasteiger partial charge >= 0.3 is 0 Å². The average Bonchev–Trinajstić information content (AvgIpc) is 3.62. The quantitative estimate of drug-likeness (QED) is 0.807. The summed E-state index contributed by atoms with van der Waals surface area (Å²) < 4.78 is 0. The number of anilines is 1. The van der Waals surface area contributed by atoms with Gasteiger partial charge in [-0.2, -0.15) is 5.26 Å². The Kier molecular flexibility index (Phi) is 4.50. The van der Waals surface area contributed by atoms with Gasteiger partial charge in [-0.25, -0.2) is 4.98 Å². The minimum atomic E-state index is -0.0165. The highest BCUT2D eigenvalue weighted by Gasteiger charge is 2.49. The van der Waals surface area contributed by atoms with E-state index in [-0.39, 0.29) is 11.3 Å². The van der Waals surface area contributed by atoms with Gasteiger partial charge in [0.15, 0.2) is 0 Å². The lowest BCUT2D eigenvalue weighted by Gasteiger charge is -2.50. The lowest BCUT2D eigenvalue weighted by atomic mass is 9.67. The SMILES string of the molecule is N#Cc1ccnc(N2CCC3(CC2)C[C@H](c2ccccc2)C(=O)N(C2CC2)C3)c1. The molecule has 148 valence electrons. The molecule has 1 aliphatic carbocycles. The number of pyridine rings is 1. The van der Waals surface area contributed by atoms with Gasteiger partial charge in [0, 0.05) is 31.9 Å². The highest BCUT2D eigenvalue weighted by molar-refractivity contribution is 5.85. The van der Waals surface area contributed by atoms with Gasteiger partial charge in [-0.05, 0) is 55.2 Å². The summed E-state index contributed by atoms with van der Waals surface area (Å²) in [4.78, 5) is 22.2. The first kappa shape index (κ1) is 18.2. The second-order valence-electron chi connectivity index (χ2n) is 8.87. The standard InChI is InChI=1S/C24H26N4O/c25-16-18-8-11-26-22(14-18)27-12-9-24(10-13-27)15-21(19-4-2-1-3-5-19)23(29)28(17-24)20-6-7-20/h1-5,8,11,14,20-21H,6-7,9-10,12-13,15,17H2/t21-/m1/s1. The van der Waals surface area contributed by atoms with E-state index in [4.69, 9.17) is 0 Å². The molecule has 2 aromatic rings. The third kappa shape index (κ3) is 3.48. The van der Waals surface area contributed by atoms with Gasteiger partial charge in [-0.15, -0.1) is 0 Å². The Morgan fingerprint density at radius 2 is 1.86 bits per heavy atom. The fourth-order valence-electron chi connectivity index (χ4n) is 5.10. The number of carbonyl (C=O) groups excluding carboxylic acids is 1. The molecule has 1 amide bonds. The van der Waals surface area contributed by atoms with E-state index in [9.17, 15) is 10.1 Å². The summed E-state index contributed by atoms with van der Waals surface area (Å²) >= 11 is 0. The van der Waals surface area contributed by atoms with Gasteiger partial charge in [-0.3, -0.25) is 4.79 Å². The highest BCUT2D eigenvalue weighted by Crippen LogP contribution is 2.48. The van der Waals surface area contributed by atoms with Gasteiger partial charge in [-0.1, -0.05) is 30.3 Å². The van der Waals surface area contributed by atoms with Crippen LogP contribution >= 0.6 is 0 Å². The van der Waals surface area contributed by atoms with Crippen LogP contribution < -0.4 is 4.90 Å². The van der Waals surface area contributed by atoms with Crippen molar-refractivity contribution >= 4 is 11.7 Å². The van der Waals surface area contributed by atoms with Crippen LogP contribution in [-0.4, -0.2) is 41.5 Å². The maximum absolute atomic E-state index is 13.3. The number of amides is 1. The zero-order valence-corrected chi connectivity index (χ0v) is 16.6. The molecule has 1 spiro atoms. The molecule has 1 aromatic heterocycles. The zero-order valence-electron chi connectivity index (χ0n) is 16.6. The number of hydrogen-bond acceptors (Lipinski definition) is 4. The van der Waals surface area contributed by atoms with Crippen molar-refractivity contribution in [2.75, 3.05) is 24.5 Å². The zero-order chi connectivity index (χ0) is 19.8. The first-order valence-electron chi connectivity index (χ1n) is 10.6. The summed E-state index contributed by atoms with van der Waals surface area (Å²) in [5, 5.41) is 9.17. The normalized spacial score (nSPS) is 23.8. The molecule has 5 nitrogen and oxygen atoms in total. The van der Waals surface area contributed by atoms with Crippen molar-refractivity contribution in [3.63, 3.8) is 0 Å². The van der Waals surface area contributed by atoms with Gasteiger partial charge in [0.1, 0.15) is 5.82 Å². The predicted molar refractivity (Wildman–Crippen MR) is 111 cm³/mol. The van der Waals surface area contributed by atoms with E-state index in [1.165, 1.54) is 0 Å². The largest absolute Gasteiger partial charge is 0.357 e. The smallest absolute Gasteiger partial charge is 0.230 e. The van der Waals surface area contributed by atoms with Crippen LogP contribution in [0.5, 0.6) is 0 Å². The topological polar surface area (TPSA) is 60.2 Å². The number of aromatic nitrogens is 1. The van der Waals surface area contributed by atoms with Crippen molar-refractivity contribution in [1.82, 2.24) is 9.88 Å². The number of hydrogen-bond donors (Lipinski definition) is 0. The molecule has 5 rings (SSSR count). The maximum Gasteiger partial charge on any atom is 0.230 e. The molecule has 5 heteroatoms. The molecule has 0 bridgehead atoms. The van der Waals surface area contributed by atoms with Gasteiger partial charge in [0.25, 0.3) is 0 Å². The van der Waals surface area contributed by atoms with E-state index < -0.39 is 0 Å². The molecule has 0 unspecified atom stereocenters. The van der Waals surface area contributed by atoms with Crippen molar-refractivity contribution in [1.29, 1.82) is 5.26 Å². The third-order valence-corrected chi connectivity index (χ3v) is 6.94. The van der Waals surface area contributed by atoms with Crippen molar-refractivity contribution in [3.8, 4) is 6.07 Å². The van der Waals surface area contributed by atoms with E-state index in [2.05, 4.69) is 33.0 Å². The van der Waals surface area contributed by atoms with Crippen molar-refractivity contribution in [2.45, 2.75) is 44.1 Å². The molecule has 3 heterocycles. The van der Waals surface area contributed by atoms with E-state index >= 15 is 0 Å². The molecule has 29 heavy (non-hydrogen) atoms. The Morgan fingerprint density at radius 1 is 1.10 bits per heavy atom. The molecular weight excluding hydrogens is 360 g/mol. The van der Waals surface area contributed by atoms with Crippen LogP contribution in [0.2, 0.25) is 0 Å². The number of rotatable bonds is 3. The lowest BCUT2D eigenvalue weighted by Crippen LogP contribution is -2.54. The Labute approximate surface area is 172 Å². The summed E-state index contributed by atoms with van der Waals surface area (Å²) in [5.41, 5.74) is 2.00. The molecule has 2 saturated heterocycles. The summed E-state index contributed by atoms with van der Waals surface area (Å²) in [6, 6.07) is 16.6. The fourth-order valence-corrected chi connectivity index (χ4v) is 5.10. The summed E-state index contributed by atoms with van der Waals surface area (Å²) in [6.07, 6.45) is 7.09. The Balaban J connectivity index is 1.37. The number of benzene rings is 1. The summed E-state index contributed by atoms with van der Waals surface area (Å²) in [6.45, 7) is 2.76. The predicted octanol–water partition coefficient (Wildman–Crippen LogP) is 3.72. The van der Waals surface area contributed by atoms with Crippen LogP contribution in [-0.2, 0) is 4.79 Å². The maximum atomic E-state index is 13.3. The number of carbonyl (C=O) groups is 1. The molecule has 1 aromatic carbocycles. The minimum Gasteiger partial charge on any atom is -0.357 e. The lowest BCUT2D eigenvalue weighted by molar-refractivity contribution is -0.141. The number of piperidine rings is 2. The van der Waals surface area contributed by atoms with E-state index in [0.717, 1.165) is 63.1 Å². The van der Waals surface area contributed by atoms with Crippen LogP contribution in [0, 0.1) is 16.7 Å². The second kappa shape index (κ2) is 7.18. The molecule has 3 fully saturated rings. The fraction of sp³-hybridized carbons (Fsp3) is 0.458. The van der Waals surface area contributed by atoms with Crippen LogP contribution in [0.25, 0.3) is 0 Å². The molecular formula is C24H26N4O. The number of nitriles is 1. The molecule has 2 aliphatic heterocycles. The highest BCUT2D eigenvalue weighted by atomic mass is 16.2. The van der Waals surface area contributed by atoms with E-state index in [0.29, 0.717) is 17.5 Å². The Bertz CT molecular complexity index is 939. The van der Waals surface area contributed by atoms with Crippen LogP contribution in [0.4, 0.5) is 5.82 Å². The molecule has 0 radical (unpaired) electrons. The summed E-state index contributed by atoms with van der Waals surface area (Å²) in [5.74, 6) is 1.21. The Morgan fingerprint density at radius 3 is 2.55 bits per heavy atom. The van der Waals surface area contributed by atoms with Crippen LogP contribution in [0.15, 0.2) is 48.7 Å². The van der Waals surface area contributed by atoms with E-state index in [1.54, 1.807) is 12.3 Å². The monoisotopic (exact) mass is 386 g/mol. The first-order valence-corrected chi connectivity index (χ1v) is 10.6. The van der Waals surface area contributed by atoms with E-state index in [1.807, 2.05) is 24.3 Å².